The van der Waals surface area contributed by atoms with E-state index < -0.39 is 11.6 Å². The fraction of sp³-hybridized carbons (Fsp3) is 0.538. The molecule has 0 bridgehead atoms. The lowest BCUT2D eigenvalue weighted by atomic mass is 10.2. The fourth-order valence-corrected chi connectivity index (χ4v) is 2.31. The molecule has 4 heteroatoms. The molecule has 0 spiro atoms. The Morgan fingerprint density at radius 1 is 1.18 bits per heavy atom. The summed E-state index contributed by atoms with van der Waals surface area (Å²) in [6, 6.07) is 2.81. The summed E-state index contributed by atoms with van der Waals surface area (Å²) < 4.78 is 27.4. The van der Waals surface area contributed by atoms with Gasteiger partial charge in [0.2, 0.25) is 0 Å². The van der Waals surface area contributed by atoms with Crippen LogP contribution in [0.5, 0.6) is 0 Å². The van der Waals surface area contributed by atoms with E-state index in [0.29, 0.717) is 12.1 Å². The summed E-state index contributed by atoms with van der Waals surface area (Å²) in [7, 11) is 0. The monoisotopic (exact) mass is 259 g/mol. The summed E-state index contributed by atoms with van der Waals surface area (Å²) in [4.78, 5) is 0.109. The molecule has 0 aliphatic rings. The van der Waals surface area contributed by atoms with E-state index in [1.165, 1.54) is 23.9 Å². The smallest absolute Gasteiger partial charge is 0.140 e. The van der Waals surface area contributed by atoms with Gasteiger partial charge in [-0.05, 0) is 24.2 Å². The van der Waals surface area contributed by atoms with E-state index in [0.717, 1.165) is 6.54 Å². The average molecular weight is 259 g/mol. The Morgan fingerprint density at radius 3 is 2.12 bits per heavy atom. The first-order chi connectivity index (χ1) is 7.83. The standard InChI is InChI=1S/C13H19F2NS/c1-5-16-8-9-6-10(14)12(11(15)7-9)17-13(2,3)4/h6-7,16H,5,8H2,1-4H3. The zero-order valence-corrected chi connectivity index (χ0v) is 11.5. The van der Waals surface area contributed by atoms with Crippen LogP contribution in [-0.2, 0) is 6.54 Å². The minimum Gasteiger partial charge on any atom is -0.313 e. The Kier molecular flexibility index (Phi) is 4.95. The van der Waals surface area contributed by atoms with Crippen LogP contribution in [0.2, 0.25) is 0 Å². The van der Waals surface area contributed by atoms with Gasteiger partial charge in [-0.1, -0.05) is 27.7 Å². The molecule has 0 atom stereocenters. The van der Waals surface area contributed by atoms with Gasteiger partial charge in [-0.25, -0.2) is 8.78 Å². The number of hydrogen-bond acceptors (Lipinski definition) is 2. The van der Waals surface area contributed by atoms with Crippen molar-refractivity contribution in [3.8, 4) is 0 Å². The minimum atomic E-state index is -0.474. The summed E-state index contributed by atoms with van der Waals surface area (Å²) in [5, 5.41) is 3.05. The first-order valence-electron chi connectivity index (χ1n) is 5.71. The van der Waals surface area contributed by atoms with Crippen molar-refractivity contribution >= 4 is 11.8 Å². The lowest BCUT2D eigenvalue weighted by Crippen LogP contribution is -2.13. The molecule has 0 unspecified atom stereocenters. The van der Waals surface area contributed by atoms with Gasteiger partial charge in [-0.2, -0.15) is 0 Å². The maximum absolute atomic E-state index is 13.8. The first-order valence-corrected chi connectivity index (χ1v) is 6.53. The minimum absolute atomic E-state index is 0.109. The molecule has 1 nitrogen and oxygen atoms in total. The maximum Gasteiger partial charge on any atom is 0.140 e. The van der Waals surface area contributed by atoms with Gasteiger partial charge in [0, 0.05) is 11.3 Å². The van der Waals surface area contributed by atoms with Crippen molar-refractivity contribution < 1.29 is 8.78 Å². The molecule has 0 heterocycles. The SMILES string of the molecule is CCNCc1cc(F)c(SC(C)(C)C)c(F)c1. The van der Waals surface area contributed by atoms with Gasteiger partial charge in [0.1, 0.15) is 11.6 Å². The highest BCUT2D eigenvalue weighted by molar-refractivity contribution is 8.00. The van der Waals surface area contributed by atoms with Gasteiger partial charge in [0.25, 0.3) is 0 Å². The topological polar surface area (TPSA) is 12.0 Å². The van der Waals surface area contributed by atoms with Crippen LogP contribution in [0.4, 0.5) is 8.78 Å². The van der Waals surface area contributed by atoms with E-state index in [2.05, 4.69) is 5.32 Å². The number of rotatable bonds is 4. The quantitative estimate of drug-likeness (QED) is 0.821. The molecule has 1 rings (SSSR count). The summed E-state index contributed by atoms with van der Waals surface area (Å²) in [6.07, 6.45) is 0. The van der Waals surface area contributed by atoms with E-state index in [-0.39, 0.29) is 9.64 Å². The van der Waals surface area contributed by atoms with E-state index in [4.69, 9.17) is 0 Å². The molecule has 0 aliphatic heterocycles. The maximum atomic E-state index is 13.8. The molecule has 0 saturated heterocycles. The molecule has 0 fully saturated rings. The Labute approximate surface area is 106 Å². The summed E-state index contributed by atoms with van der Waals surface area (Å²) in [6.45, 7) is 9.03. The van der Waals surface area contributed by atoms with Crippen molar-refractivity contribution in [1.29, 1.82) is 0 Å². The number of nitrogens with one attached hydrogen (secondary N) is 1. The van der Waals surface area contributed by atoms with Crippen molar-refractivity contribution in [2.75, 3.05) is 6.54 Å². The lowest BCUT2D eigenvalue weighted by molar-refractivity contribution is 0.533. The molecule has 1 aromatic carbocycles. The predicted octanol–water partition coefficient (Wildman–Crippen LogP) is 3.96. The molecule has 0 amide bonds. The molecule has 1 N–H and O–H groups in total. The second-order valence-electron chi connectivity index (χ2n) is 4.88. The van der Waals surface area contributed by atoms with Gasteiger partial charge in [-0.15, -0.1) is 11.8 Å². The van der Waals surface area contributed by atoms with Crippen molar-refractivity contribution in [2.24, 2.45) is 0 Å². The lowest BCUT2D eigenvalue weighted by Gasteiger charge is -2.18. The Hall–Kier alpha value is -0.610. The molecular weight excluding hydrogens is 240 g/mol. The second kappa shape index (κ2) is 5.83. The van der Waals surface area contributed by atoms with Crippen molar-refractivity contribution in [2.45, 2.75) is 43.9 Å². The predicted molar refractivity (Wildman–Crippen MR) is 69.3 cm³/mol. The van der Waals surface area contributed by atoms with E-state index >= 15 is 0 Å². The molecule has 96 valence electrons. The third-order valence-electron chi connectivity index (χ3n) is 2.05. The zero-order valence-electron chi connectivity index (χ0n) is 10.7. The van der Waals surface area contributed by atoms with Crippen LogP contribution in [-0.4, -0.2) is 11.3 Å². The highest BCUT2D eigenvalue weighted by Gasteiger charge is 2.19. The third-order valence-corrected chi connectivity index (χ3v) is 3.25. The Morgan fingerprint density at radius 2 is 1.71 bits per heavy atom. The third kappa shape index (κ3) is 4.64. The van der Waals surface area contributed by atoms with Crippen LogP contribution in [0.1, 0.15) is 33.3 Å². The first kappa shape index (κ1) is 14.5. The van der Waals surface area contributed by atoms with Crippen LogP contribution in [0.15, 0.2) is 17.0 Å². The average Bonchev–Trinajstić information content (AvgIpc) is 2.19. The zero-order chi connectivity index (χ0) is 13.1. The van der Waals surface area contributed by atoms with Crippen LogP contribution in [0.3, 0.4) is 0 Å². The number of hydrogen-bond donors (Lipinski definition) is 1. The largest absolute Gasteiger partial charge is 0.313 e. The van der Waals surface area contributed by atoms with Gasteiger partial charge in [-0.3, -0.25) is 0 Å². The van der Waals surface area contributed by atoms with Crippen LogP contribution in [0.25, 0.3) is 0 Å². The van der Waals surface area contributed by atoms with Crippen LogP contribution < -0.4 is 5.32 Å². The fourth-order valence-electron chi connectivity index (χ4n) is 1.39. The van der Waals surface area contributed by atoms with Gasteiger partial charge >= 0.3 is 0 Å². The van der Waals surface area contributed by atoms with E-state index in [1.807, 2.05) is 27.7 Å². The van der Waals surface area contributed by atoms with Crippen molar-refractivity contribution in [3.63, 3.8) is 0 Å². The van der Waals surface area contributed by atoms with E-state index in [1.54, 1.807) is 0 Å². The summed E-state index contributed by atoms with van der Waals surface area (Å²) >= 11 is 1.22. The summed E-state index contributed by atoms with van der Waals surface area (Å²) in [5.41, 5.74) is 0.639. The highest BCUT2D eigenvalue weighted by atomic mass is 32.2. The molecule has 0 aromatic heterocycles. The molecule has 0 saturated carbocycles. The number of thioether (sulfide) groups is 1. The van der Waals surface area contributed by atoms with Gasteiger partial charge < -0.3 is 5.32 Å². The Bertz CT molecular complexity index is 362. The normalized spacial score (nSPS) is 11.9. The molecule has 1 aromatic rings. The Balaban J connectivity index is 2.94. The molecule has 0 aliphatic carbocycles. The molecule has 17 heavy (non-hydrogen) atoms. The second-order valence-corrected chi connectivity index (χ2v) is 6.72. The highest BCUT2D eigenvalue weighted by Crippen LogP contribution is 2.35. The molecular formula is C13H19F2NS. The van der Waals surface area contributed by atoms with Crippen molar-refractivity contribution in [1.82, 2.24) is 5.32 Å². The van der Waals surface area contributed by atoms with Gasteiger partial charge in [0.05, 0.1) is 4.90 Å². The van der Waals surface area contributed by atoms with Crippen LogP contribution in [0, 0.1) is 11.6 Å². The van der Waals surface area contributed by atoms with E-state index in [9.17, 15) is 8.78 Å². The van der Waals surface area contributed by atoms with Crippen LogP contribution >= 0.6 is 11.8 Å². The molecule has 0 radical (unpaired) electrons. The summed E-state index contributed by atoms with van der Waals surface area (Å²) in [5.74, 6) is -0.948. The number of benzene rings is 1. The van der Waals surface area contributed by atoms with Gasteiger partial charge in [0.15, 0.2) is 0 Å². The number of halogens is 2. The van der Waals surface area contributed by atoms with Crippen molar-refractivity contribution in [3.05, 3.63) is 29.3 Å².